The van der Waals surface area contributed by atoms with E-state index in [0.717, 1.165) is 49.5 Å². The summed E-state index contributed by atoms with van der Waals surface area (Å²) in [4.78, 5) is 9.93. The van der Waals surface area contributed by atoms with Crippen LogP contribution in [0.2, 0.25) is 0 Å². The molecule has 0 radical (unpaired) electrons. The first-order valence-electron chi connectivity index (χ1n) is 14.3. The van der Waals surface area contributed by atoms with Crippen LogP contribution >= 0.6 is 0 Å². The first-order valence-corrected chi connectivity index (χ1v) is 14.3. The standard InChI is InChI=1S/C38H32N2O2.Pt/c1-37(2,3)26-19-16-23(17-20-26)29-13-9-15-31(39-29)42-36-28-21-18-24-10-8-14-30-32(24)33(28)35(41-30)34(40-36)25-11-7-12-27(22-25)38(4,5)6;/h7-10,12-16,18-22H,1-6H3;/q-2;+2. The zero-order chi connectivity index (χ0) is 29.2. The quantitative estimate of drug-likeness (QED) is 0.133. The maximum absolute atomic E-state index is 6.51. The Bertz CT molecular complexity index is 2080. The molecule has 0 N–H and O–H groups in total. The minimum atomic E-state index is -0.0239. The predicted octanol–water partition coefficient (Wildman–Crippen LogP) is 10.3. The number of furan rings is 1. The second-order valence-electron chi connectivity index (χ2n) is 13.0. The molecular weight excluding hydrogens is 712 g/mol. The topological polar surface area (TPSA) is 48.2 Å². The van der Waals surface area contributed by atoms with Gasteiger partial charge in [0.05, 0.1) is 0 Å². The molecule has 216 valence electrons. The molecule has 0 aliphatic heterocycles. The molecule has 4 nitrogen and oxygen atoms in total. The van der Waals surface area contributed by atoms with Gasteiger partial charge >= 0.3 is 21.1 Å². The molecular formula is C38H32N2O2Pt. The predicted molar refractivity (Wildman–Crippen MR) is 170 cm³/mol. The van der Waals surface area contributed by atoms with Crippen LogP contribution in [0.25, 0.3) is 55.2 Å². The molecule has 4 aromatic carbocycles. The average molecular weight is 744 g/mol. The Labute approximate surface area is 266 Å². The second kappa shape index (κ2) is 10.6. The van der Waals surface area contributed by atoms with Crippen LogP contribution in [-0.4, -0.2) is 9.97 Å². The van der Waals surface area contributed by atoms with E-state index < -0.39 is 0 Å². The van der Waals surface area contributed by atoms with Crippen molar-refractivity contribution in [3.8, 4) is 34.3 Å². The van der Waals surface area contributed by atoms with Crippen molar-refractivity contribution in [3.05, 3.63) is 108 Å². The van der Waals surface area contributed by atoms with Crippen LogP contribution in [0.15, 0.2) is 89.3 Å². The van der Waals surface area contributed by atoms with Crippen molar-refractivity contribution in [2.45, 2.75) is 52.4 Å². The van der Waals surface area contributed by atoms with Crippen molar-refractivity contribution in [1.29, 1.82) is 0 Å². The minimum absolute atomic E-state index is 0. The number of rotatable bonds is 4. The van der Waals surface area contributed by atoms with Gasteiger partial charge in [0.2, 0.25) is 11.8 Å². The van der Waals surface area contributed by atoms with E-state index in [2.05, 4.69) is 96.1 Å². The van der Waals surface area contributed by atoms with E-state index in [4.69, 9.17) is 19.1 Å². The third-order valence-electron chi connectivity index (χ3n) is 7.91. The SMILES string of the molecule is CC(C)(C)c1c[c-]c(-c2cccc(Oc3nc(-c4[c-]ccc(C(C)(C)C)c4)c4oc5cccc6ccc3c4c65)n2)cc1.[Pt+2]. The van der Waals surface area contributed by atoms with Crippen LogP contribution in [0.4, 0.5) is 0 Å². The molecule has 3 heterocycles. The smallest absolute Gasteiger partial charge is 0.464 e. The zero-order valence-electron chi connectivity index (χ0n) is 25.1. The van der Waals surface area contributed by atoms with Gasteiger partial charge in [-0.3, -0.25) is 9.97 Å². The van der Waals surface area contributed by atoms with E-state index in [9.17, 15) is 0 Å². The van der Waals surface area contributed by atoms with Crippen LogP contribution in [0.3, 0.4) is 0 Å². The summed E-state index contributed by atoms with van der Waals surface area (Å²) in [7, 11) is 0. The van der Waals surface area contributed by atoms with Gasteiger partial charge < -0.3 is 9.15 Å². The molecule has 0 bridgehead atoms. The number of nitrogens with zero attached hydrogens (tertiary/aromatic N) is 2. The minimum Gasteiger partial charge on any atom is -0.464 e. The van der Waals surface area contributed by atoms with E-state index in [1.807, 2.05) is 42.5 Å². The number of hydrogen-bond donors (Lipinski definition) is 0. The van der Waals surface area contributed by atoms with Crippen molar-refractivity contribution in [2.75, 3.05) is 0 Å². The van der Waals surface area contributed by atoms with Gasteiger partial charge in [0.15, 0.2) is 0 Å². The van der Waals surface area contributed by atoms with E-state index in [-0.39, 0.29) is 31.9 Å². The van der Waals surface area contributed by atoms with Gasteiger partial charge in [-0.05, 0) is 40.1 Å². The van der Waals surface area contributed by atoms with Gasteiger partial charge in [0, 0.05) is 21.9 Å². The fraction of sp³-hybridized carbons (Fsp3) is 0.211. The molecule has 0 unspecified atom stereocenters. The third kappa shape index (κ3) is 5.23. The first-order chi connectivity index (χ1) is 20.1. The molecule has 0 amide bonds. The van der Waals surface area contributed by atoms with Crippen molar-refractivity contribution in [2.24, 2.45) is 0 Å². The Morgan fingerprint density at radius 2 is 1.51 bits per heavy atom. The maximum Gasteiger partial charge on any atom is 2.00 e. The third-order valence-corrected chi connectivity index (χ3v) is 7.91. The monoisotopic (exact) mass is 743 g/mol. The van der Waals surface area contributed by atoms with E-state index in [1.165, 1.54) is 11.1 Å². The summed E-state index contributed by atoms with van der Waals surface area (Å²) in [5.41, 5.74) is 7.31. The Balaban J connectivity index is 0.00000329. The van der Waals surface area contributed by atoms with E-state index in [0.29, 0.717) is 17.5 Å². The fourth-order valence-corrected chi connectivity index (χ4v) is 5.49. The summed E-state index contributed by atoms with van der Waals surface area (Å²) in [6.45, 7) is 13.2. The zero-order valence-corrected chi connectivity index (χ0v) is 27.4. The summed E-state index contributed by atoms with van der Waals surface area (Å²) in [6.07, 6.45) is 0. The Hall–Kier alpha value is -4.01. The summed E-state index contributed by atoms with van der Waals surface area (Å²) in [6, 6.07) is 35.4. The molecule has 0 saturated heterocycles. The Kier molecular flexibility index (Phi) is 7.17. The van der Waals surface area contributed by atoms with Crippen molar-refractivity contribution in [1.82, 2.24) is 9.97 Å². The van der Waals surface area contributed by atoms with Crippen LogP contribution in [0.1, 0.15) is 52.7 Å². The molecule has 43 heavy (non-hydrogen) atoms. The summed E-state index contributed by atoms with van der Waals surface area (Å²) in [5, 5.41) is 4.07. The van der Waals surface area contributed by atoms with Gasteiger partial charge in [0.1, 0.15) is 11.2 Å². The van der Waals surface area contributed by atoms with Crippen molar-refractivity contribution in [3.63, 3.8) is 0 Å². The van der Waals surface area contributed by atoms with E-state index in [1.54, 1.807) is 0 Å². The molecule has 3 aromatic heterocycles. The van der Waals surface area contributed by atoms with Gasteiger partial charge in [-0.2, -0.15) is 0 Å². The largest absolute Gasteiger partial charge is 2.00 e. The van der Waals surface area contributed by atoms with Crippen molar-refractivity contribution >= 4 is 32.7 Å². The molecule has 0 aliphatic carbocycles. The molecule has 0 atom stereocenters. The van der Waals surface area contributed by atoms with Crippen LogP contribution in [0, 0.1) is 12.1 Å². The number of benzene rings is 4. The van der Waals surface area contributed by atoms with Gasteiger partial charge in [-0.15, -0.1) is 70.8 Å². The van der Waals surface area contributed by atoms with Crippen LogP contribution in [0.5, 0.6) is 11.8 Å². The first kappa shape index (κ1) is 29.1. The molecule has 5 heteroatoms. The molecule has 7 aromatic rings. The summed E-state index contributed by atoms with van der Waals surface area (Å²) < 4.78 is 13.0. The summed E-state index contributed by atoms with van der Waals surface area (Å²) in [5.74, 6) is 0.950. The Morgan fingerprint density at radius 3 is 2.26 bits per heavy atom. The fourth-order valence-electron chi connectivity index (χ4n) is 5.49. The molecule has 0 spiro atoms. The van der Waals surface area contributed by atoms with E-state index >= 15 is 0 Å². The van der Waals surface area contributed by atoms with Crippen molar-refractivity contribution < 1.29 is 30.2 Å². The molecule has 0 saturated carbocycles. The maximum atomic E-state index is 6.51. The molecule has 0 fully saturated rings. The van der Waals surface area contributed by atoms with Crippen LogP contribution < -0.4 is 4.74 Å². The van der Waals surface area contributed by atoms with Gasteiger partial charge in [-0.25, -0.2) is 0 Å². The molecule has 0 aliphatic rings. The average Bonchev–Trinajstić information content (AvgIpc) is 3.37. The number of ether oxygens (including phenoxy) is 1. The van der Waals surface area contributed by atoms with Crippen LogP contribution in [-0.2, 0) is 31.9 Å². The molecule has 7 rings (SSSR count). The Morgan fingerprint density at radius 1 is 0.721 bits per heavy atom. The number of hydrogen-bond acceptors (Lipinski definition) is 4. The summed E-state index contributed by atoms with van der Waals surface area (Å²) >= 11 is 0. The van der Waals surface area contributed by atoms with Gasteiger partial charge in [0.25, 0.3) is 0 Å². The number of aromatic nitrogens is 2. The van der Waals surface area contributed by atoms with Gasteiger partial charge in [-0.1, -0.05) is 71.9 Å². The normalized spacial score (nSPS) is 12.2. The number of pyridine rings is 2. The second-order valence-corrected chi connectivity index (χ2v) is 13.0.